The molecule has 6 aromatic heterocycles. The van der Waals surface area contributed by atoms with E-state index in [1.165, 1.54) is 95.3 Å². The third-order valence-electron chi connectivity index (χ3n) is 17.6. The topological polar surface area (TPSA) is 36.1 Å². The van der Waals surface area contributed by atoms with Crippen molar-refractivity contribution in [3.63, 3.8) is 0 Å². The monoisotopic (exact) mass is 1120 g/mol. The second kappa shape index (κ2) is 18.5. The van der Waals surface area contributed by atoms with Gasteiger partial charge in [0.1, 0.15) is 22.3 Å². The van der Waals surface area contributed by atoms with E-state index in [2.05, 4.69) is 277 Å². The Labute approximate surface area is 495 Å². The Hall–Kier alpha value is -10.5. The van der Waals surface area contributed by atoms with Crippen LogP contribution in [0, 0.1) is 0 Å². The molecule has 18 aromatic rings. The van der Waals surface area contributed by atoms with Gasteiger partial charge >= 0.3 is 0 Å². The number of allylic oxidation sites excluding steroid dienone is 1. The lowest BCUT2D eigenvalue weighted by molar-refractivity contribution is 0.668. The number of furan rings is 2. The van der Waals surface area contributed by atoms with Crippen LogP contribution in [0.2, 0.25) is 0 Å². The first-order chi connectivity index (χ1) is 42.0. The maximum Gasteiger partial charge on any atom is 0.135 e. The Morgan fingerprint density at radius 3 is 1.15 bits per heavy atom. The minimum absolute atomic E-state index is 0.869. The smallest absolute Gasteiger partial charge is 0.135 e. The summed E-state index contributed by atoms with van der Waals surface area (Å²) in [6.07, 6.45) is 6.30. The fourth-order valence-corrected chi connectivity index (χ4v) is 15.8. The molecule has 12 aromatic carbocycles. The fourth-order valence-electron chi connectivity index (χ4n) is 13.6. The van der Waals surface area contributed by atoms with Crippen molar-refractivity contribution in [1.82, 2.24) is 9.13 Å². The highest BCUT2D eigenvalue weighted by atomic mass is 32.1. The second-order valence-corrected chi connectivity index (χ2v) is 24.5. The number of fused-ring (bicyclic) bond motifs is 16. The van der Waals surface area contributed by atoms with Crippen molar-refractivity contribution in [2.45, 2.75) is 6.92 Å². The first-order valence-corrected chi connectivity index (χ1v) is 30.5. The van der Waals surface area contributed by atoms with Crippen molar-refractivity contribution < 1.29 is 8.83 Å². The fraction of sp³-hybridized carbons (Fsp3) is 0.0127. The summed E-state index contributed by atoms with van der Waals surface area (Å²) in [4.78, 5) is 0. The number of hydrogen-bond donors (Lipinski definition) is 0. The Morgan fingerprint density at radius 1 is 0.318 bits per heavy atom. The summed E-state index contributed by atoms with van der Waals surface area (Å²) in [5, 5.41) is 13.2. The highest BCUT2D eigenvalue weighted by Gasteiger charge is 2.20. The van der Waals surface area contributed by atoms with Crippen molar-refractivity contribution in [3.05, 3.63) is 267 Å². The Morgan fingerprint density at radius 2 is 0.671 bits per heavy atom. The van der Waals surface area contributed by atoms with Gasteiger partial charge in [-0.3, -0.25) is 0 Å². The van der Waals surface area contributed by atoms with E-state index in [1.54, 1.807) is 0 Å². The summed E-state index contributed by atoms with van der Waals surface area (Å²) >= 11 is 3.72. The molecule has 0 bridgehead atoms. The van der Waals surface area contributed by atoms with Gasteiger partial charge in [-0.1, -0.05) is 128 Å². The van der Waals surface area contributed by atoms with Gasteiger partial charge in [0.2, 0.25) is 0 Å². The van der Waals surface area contributed by atoms with Gasteiger partial charge in [-0.25, -0.2) is 0 Å². The molecule has 0 amide bonds. The number of thiophene rings is 2. The molecule has 0 saturated carbocycles. The predicted molar refractivity (Wildman–Crippen MR) is 364 cm³/mol. The van der Waals surface area contributed by atoms with Crippen LogP contribution in [0.4, 0.5) is 0 Å². The number of benzene rings is 12. The van der Waals surface area contributed by atoms with E-state index in [0.717, 1.165) is 88.8 Å². The second-order valence-electron chi connectivity index (χ2n) is 22.3. The molecule has 398 valence electrons. The standard InChI is InChI=1S/C79H48N2O2S2/c1-3-12-68-56(4-2)57-15-5-8-18-69(57)80(68)55-28-36-79-67(45-55)66-43-53(26-35-78(66)85-79)52-25-34-77-65(42-52)64-41-51(24-33-76(64)84-77)47-14-11-13-46(37-47)48-21-29-72-60(38-48)61-39-49(22-30-73(61)82-72)50-23-31-74-62(40-50)63-44-54(27-32-75(63)83-74)81-70-19-9-6-16-58(70)59-17-7-10-20-71(59)81/h3-45H,2H2,1H3/b12-3-. The first-order valence-electron chi connectivity index (χ1n) is 28.8. The first kappa shape index (κ1) is 48.1. The van der Waals surface area contributed by atoms with Gasteiger partial charge in [-0.2, -0.15) is 0 Å². The van der Waals surface area contributed by atoms with E-state index >= 15 is 0 Å². The van der Waals surface area contributed by atoms with E-state index in [1.807, 2.05) is 28.7 Å². The number of rotatable bonds is 8. The molecular formula is C79H48N2O2S2. The summed E-state index contributed by atoms with van der Waals surface area (Å²) in [6, 6.07) is 89.1. The van der Waals surface area contributed by atoms with Crippen molar-refractivity contribution in [1.29, 1.82) is 0 Å². The van der Waals surface area contributed by atoms with E-state index in [0.29, 0.717) is 0 Å². The van der Waals surface area contributed by atoms with Gasteiger partial charge in [-0.05, 0) is 191 Å². The summed E-state index contributed by atoms with van der Waals surface area (Å²) in [5.74, 6) is 0. The van der Waals surface area contributed by atoms with Crippen molar-refractivity contribution in [2.24, 2.45) is 0 Å². The van der Waals surface area contributed by atoms with Gasteiger partial charge < -0.3 is 18.0 Å². The van der Waals surface area contributed by atoms with Crippen LogP contribution in [0.5, 0.6) is 0 Å². The SMILES string of the molecule is C=Cc1c(/C=C\C)n(-c2ccc3sc4ccc(-c5ccc6sc7ccc(-c8cccc(-c9ccc%10oc%11ccc(-c%12ccc%13oc%14ccc(-n%15c%16ccccc%16c%16ccccc%16%15)cc%14c%13c%12)cc%11c%10c9)c8)cc7c6c5)cc4c3c2)c2ccccc12. The highest BCUT2D eigenvalue weighted by Crippen LogP contribution is 2.44. The highest BCUT2D eigenvalue weighted by molar-refractivity contribution is 7.26. The third kappa shape index (κ3) is 7.39. The average molecular weight is 1120 g/mol. The molecule has 0 saturated heterocycles. The van der Waals surface area contributed by atoms with Crippen LogP contribution in [0.15, 0.2) is 264 Å². The molecule has 0 aliphatic carbocycles. The van der Waals surface area contributed by atoms with Gasteiger partial charge in [0.05, 0.1) is 22.2 Å². The van der Waals surface area contributed by atoms with Gasteiger partial charge in [0.15, 0.2) is 0 Å². The molecule has 0 unspecified atom stereocenters. The number of nitrogens with zero attached hydrogens (tertiary/aromatic N) is 2. The van der Waals surface area contributed by atoms with Crippen LogP contribution in [-0.2, 0) is 0 Å². The molecule has 0 fully saturated rings. The van der Waals surface area contributed by atoms with Crippen molar-refractivity contribution in [2.75, 3.05) is 0 Å². The average Bonchev–Trinajstić information content (AvgIpc) is 4.30. The van der Waals surface area contributed by atoms with Gasteiger partial charge in [-0.15, -0.1) is 22.7 Å². The molecule has 6 heterocycles. The lowest BCUT2D eigenvalue weighted by Crippen LogP contribution is -1.96. The molecule has 0 atom stereocenters. The summed E-state index contributed by atoms with van der Waals surface area (Å²) < 4.78 is 22.9. The van der Waals surface area contributed by atoms with Crippen LogP contribution in [0.3, 0.4) is 0 Å². The zero-order valence-electron chi connectivity index (χ0n) is 46.1. The molecule has 0 spiro atoms. The predicted octanol–water partition coefficient (Wildman–Crippen LogP) is 23.6. The normalized spacial score (nSPS) is 12.3. The van der Waals surface area contributed by atoms with E-state index < -0.39 is 0 Å². The zero-order valence-corrected chi connectivity index (χ0v) is 47.7. The summed E-state index contributed by atoms with van der Waals surface area (Å²) in [6.45, 7) is 6.29. The lowest BCUT2D eigenvalue weighted by Gasteiger charge is -2.10. The maximum absolute atomic E-state index is 6.51. The Kier molecular flexibility index (Phi) is 10.5. The van der Waals surface area contributed by atoms with Crippen LogP contribution in [-0.4, -0.2) is 9.13 Å². The molecule has 4 nitrogen and oxygen atoms in total. The van der Waals surface area contributed by atoms with E-state index in [9.17, 15) is 0 Å². The zero-order chi connectivity index (χ0) is 56.0. The third-order valence-corrected chi connectivity index (χ3v) is 19.9. The van der Waals surface area contributed by atoms with Crippen LogP contribution < -0.4 is 0 Å². The molecule has 6 heteroatoms. The quantitative estimate of drug-likeness (QED) is 0.152. The Balaban J connectivity index is 0.671. The van der Waals surface area contributed by atoms with Gasteiger partial charge in [0.25, 0.3) is 0 Å². The maximum atomic E-state index is 6.51. The summed E-state index contributed by atoms with van der Waals surface area (Å²) in [7, 11) is 0. The number of aromatic nitrogens is 2. The minimum atomic E-state index is 0.869. The van der Waals surface area contributed by atoms with Crippen LogP contribution in [0.25, 0.3) is 185 Å². The minimum Gasteiger partial charge on any atom is -0.456 e. The van der Waals surface area contributed by atoms with Gasteiger partial charge in [0, 0.05) is 95.0 Å². The molecule has 0 aliphatic heterocycles. The molecule has 85 heavy (non-hydrogen) atoms. The number of para-hydroxylation sites is 3. The van der Waals surface area contributed by atoms with Crippen LogP contribution in [0.1, 0.15) is 18.2 Å². The van der Waals surface area contributed by atoms with Crippen molar-refractivity contribution >= 4 is 152 Å². The molecule has 0 aliphatic rings. The van der Waals surface area contributed by atoms with E-state index in [4.69, 9.17) is 8.83 Å². The van der Waals surface area contributed by atoms with Crippen LogP contribution >= 0.6 is 22.7 Å². The molecular weight excluding hydrogens is 1070 g/mol. The lowest BCUT2D eigenvalue weighted by atomic mass is 9.96. The largest absolute Gasteiger partial charge is 0.456 e. The molecule has 0 N–H and O–H groups in total. The number of hydrogen-bond acceptors (Lipinski definition) is 4. The summed E-state index contributed by atoms with van der Waals surface area (Å²) in [5.41, 5.74) is 20.9. The Bertz CT molecular complexity index is 5860. The van der Waals surface area contributed by atoms with E-state index in [-0.39, 0.29) is 0 Å². The van der Waals surface area contributed by atoms with Crippen molar-refractivity contribution in [3.8, 4) is 55.9 Å². The molecule has 18 rings (SSSR count). The molecule has 0 radical (unpaired) electrons.